The number of rotatable bonds is 8. The number of aliphatic imine (C=N–C) groups is 1. The maximum Gasteiger partial charge on any atom is 0.191 e. The van der Waals surface area contributed by atoms with Crippen molar-refractivity contribution >= 4 is 5.96 Å². The Bertz CT molecular complexity index is 533. The van der Waals surface area contributed by atoms with Gasteiger partial charge in [-0.25, -0.2) is 0 Å². The number of nitrogens with one attached hydrogen (secondary N) is 2. The van der Waals surface area contributed by atoms with E-state index in [2.05, 4.69) is 53.4 Å². The fraction of sp³-hybridized carbons (Fsp3) is 0.667. The summed E-state index contributed by atoms with van der Waals surface area (Å²) in [4.78, 5) is 6.89. The van der Waals surface area contributed by atoms with Crippen LogP contribution in [0.1, 0.15) is 51.5 Å². The van der Waals surface area contributed by atoms with Crippen LogP contribution in [-0.2, 0) is 0 Å². The predicted octanol–water partition coefficient (Wildman–Crippen LogP) is 3.23. The number of guanidine groups is 1. The molecule has 1 heterocycles. The molecular formula is C21H36N4O. The summed E-state index contributed by atoms with van der Waals surface area (Å²) in [6, 6.07) is 8.88. The van der Waals surface area contributed by atoms with E-state index in [0.717, 1.165) is 18.3 Å². The van der Waals surface area contributed by atoms with Crippen molar-refractivity contribution in [1.82, 2.24) is 15.5 Å². The molecule has 1 aromatic carbocycles. The molecule has 26 heavy (non-hydrogen) atoms. The van der Waals surface area contributed by atoms with Crippen LogP contribution in [0.4, 0.5) is 0 Å². The number of ether oxygens (including phenoxy) is 1. The zero-order valence-electron chi connectivity index (χ0n) is 16.9. The van der Waals surface area contributed by atoms with Gasteiger partial charge >= 0.3 is 0 Å². The van der Waals surface area contributed by atoms with Crippen LogP contribution in [0.3, 0.4) is 0 Å². The molecule has 2 N–H and O–H groups in total. The zero-order valence-corrected chi connectivity index (χ0v) is 16.9. The molecule has 0 aliphatic carbocycles. The minimum Gasteiger partial charge on any atom is -0.492 e. The first-order valence-corrected chi connectivity index (χ1v) is 10.0. The quantitative estimate of drug-likeness (QED) is 0.424. The lowest BCUT2D eigenvalue weighted by molar-refractivity contribution is 0.206. The molecular weight excluding hydrogens is 324 g/mol. The lowest BCUT2D eigenvalue weighted by Crippen LogP contribution is -2.49. The first-order chi connectivity index (χ1) is 12.6. The van der Waals surface area contributed by atoms with Crippen molar-refractivity contribution < 1.29 is 4.74 Å². The van der Waals surface area contributed by atoms with Gasteiger partial charge in [-0.3, -0.25) is 4.99 Å². The van der Waals surface area contributed by atoms with Gasteiger partial charge in [0.25, 0.3) is 0 Å². The van der Waals surface area contributed by atoms with Gasteiger partial charge in [0.1, 0.15) is 12.4 Å². The number of benzene rings is 1. The molecule has 0 saturated carbocycles. The average Bonchev–Trinajstić information content (AvgIpc) is 2.66. The Morgan fingerprint density at radius 1 is 1.23 bits per heavy atom. The molecule has 0 radical (unpaired) electrons. The summed E-state index contributed by atoms with van der Waals surface area (Å²) in [6.07, 6.45) is 3.60. The second-order valence-electron chi connectivity index (χ2n) is 7.33. The minimum atomic E-state index is 0.513. The summed E-state index contributed by atoms with van der Waals surface area (Å²) in [5.74, 6) is 2.34. The summed E-state index contributed by atoms with van der Waals surface area (Å²) >= 11 is 0. The smallest absolute Gasteiger partial charge is 0.191 e. The molecule has 1 aliphatic heterocycles. The number of hydrogen-bond donors (Lipinski definition) is 2. The molecule has 146 valence electrons. The van der Waals surface area contributed by atoms with Crippen molar-refractivity contribution in [2.75, 3.05) is 39.8 Å². The molecule has 5 nitrogen and oxygen atoms in total. The highest BCUT2D eigenvalue weighted by molar-refractivity contribution is 5.79. The van der Waals surface area contributed by atoms with Crippen LogP contribution in [-0.4, -0.2) is 56.7 Å². The molecule has 1 fully saturated rings. The van der Waals surface area contributed by atoms with Gasteiger partial charge in [-0.15, -0.1) is 0 Å². The summed E-state index contributed by atoms with van der Waals surface area (Å²) in [7, 11) is 1.83. The first kappa shape index (κ1) is 20.6. The number of hydrogen-bond acceptors (Lipinski definition) is 3. The highest BCUT2D eigenvalue weighted by Gasteiger charge is 2.19. The Morgan fingerprint density at radius 2 is 1.92 bits per heavy atom. The second kappa shape index (κ2) is 11.1. The molecule has 0 aromatic heterocycles. The molecule has 1 aromatic rings. The third-order valence-electron chi connectivity index (χ3n) is 4.90. The predicted molar refractivity (Wildman–Crippen MR) is 110 cm³/mol. The SMILES string of the molecule is CCCN1CCC(NC(=NC)NCCOc2ccc(C(C)C)cc2)CC1. The Morgan fingerprint density at radius 3 is 2.50 bits per heavy atom. The Labute approximate surface area is 159 Å². The minimum absolute atomic E-state index is 0.513. The van der Waals surface area contributed by atoms with E-state index in [1.807, 2.05) is 19.2 Å². The van der Waals surface area contributed by atoms with Gasteiger partial charge in [-0.2, -0.15) is 0 Å². The monoisotopic (exact) mass is 360 g/mol. The van der Waals surface area contributed by atoms with E-state index >= 15 is 0 Å². The second-order valence-corrected chi connectivity index (χ2v) is 7.33. The zero-order chi connectivity index (χ0) is 18.8. The molecule has 0 amide bonds. The molecule has 0 unspecified atom stereocenters. The van der Waals surface area contributed by atoms with Gasteiger partial charge in [0.15, 0.2) is 5.96 Å². The van der Waals surface area contributed by atoms with Gasteiger partial charge in [0.2, 0.25) is 0 Å². The standard InChI is InChI=1S/C21H36N4O/c1-5-13-25-14-10-19(11-15-25)24-21(22-4)23-12-16-26-20-8-6-18(7-9-20)17(2)3/h6-9,17,19H,5,10-16H2,1-4H3,(H2,22,23,24). The lowest BCUT2D eigenvalue weighted by Gasteiger charge is -2.32. The summed E-state index contributed by atoms with van der Waals surface area (Å²) in [5.41, 5.74) is 1.34. The van der Waals surface area contributed by atoms with E-state index in [1.165, 1.54) is 44.5 Å². The number of nitrogens with zero attached hydrogens (tertiary/aromatic N) is 2. The van der Waals surface area contributed by atoms with E-state index < -0.39 is 0 Å². The molecule has 1 aliphatic rings. The summed E-state index contributed by atoms with van der Waals surface area (Å²) < 4.78 is 5.81. The van der Waals surface area contributed by atoms with Crippen molar-refractivity contribution in [2.45, 2.75) is 52.0 Å². The normalized spacial score (nSPS) is 16.7. The molecule has 0 bridgehead atoms. The van der Waals surface area contributed by atoms with Crippen LogP contribution in [0.5, 0.6) is 5.75 Å². The lowest BCUT2D eigenvalue weighted by atomic mass is 10.0. The van der Waals surface area contributed by atoms with Crippen LogP contribution in [0.15, 0.2) is 29.3 Å². The van der Waals surface area contributed by atoms with Crippen LogP contribution in [0, 0.1) is 0 Å². The average molecular weight is 361 g/mol. The van der Waals surface area contributed by atoms with Gasteiger partial charge in [0, 0.05) is 26.2 Å². The van der Waals surface area contributed by atoms with Crippen LogP contribution in [0.2, 0.25) is 0 Å². The number of piperidine rings is 1. The molecule has 0 atom stereocenters. The highest BCUT2D eigenvalue weighted by Crippen LogP contribution is 2.18. The third-order valence-corrected chi connectivity index (χ3v) is 4.90. The molecule has 2 rings (SSSR count). The van der Waals surface area contributed by atoms with Crippen molar-refractivity contribution in [3.05, 3.63) is 29.8 Å². The van der Waals surface area contributed by atoms with Gasteiger partial charge < -0.3 is 20.3 Å². The maximum absolute atomic E-state index is 5.81. The highest BCUT2D eigenvalue weighted by atomic mass is 16.5. The van der Waals surface area contributed by atoms with Crippen LogP contribution >= 0.6 is 0 Å². The van der Waals surface area contributed by atoms with Crippen molar-refractivity contribution in [2.24, 2.45) is 4.99 Å². The van der Waals surface area contributed by atoms with Crippen LogP contribution in [0.25, 0.3) is 0 Å². The van der Waals surface area contributed by atoms with Gasteiger partial charge in [-0.1, -0.05) is 32.9 Å². The van der Waals surface area contributed by atoms with Crippen molar-refractivity contribution in [1.29, 1.82) is 0 Å². The molecule has 5 heteroatoms. The number of likely N-dealkylation sites (tertiary alicyclic amines) is 1. The van der Waals surface area contributed by atoms with E-state index in [9.17, 15) is 0 Å². The Kier molecular flexibility index (Phi) is 8.75. The van der Waals surface area contributed by atoms with E-state index in [1.54, 1.807) is 0 Å². The summed E-state index contributed by atoms with van der Waals surface area (Å²) in [5, 5.41) is 6.90. The van der Waals surface area contributed by atoms with Crippen molar-refractivity contribution in [3.8, 4) is 5.75 Å². The molecule has 1 saturated heterocycles. The molecule has 0 spiro atoms. The van der Waals surface area contributed by atoms with E-state index in [4.69, 9.17) is 4.74 Å². The van der Waals surface area contributed by atoms with E-state index in [-0.39, 0.29) is 0 Å². The summed E-state index contributed by atoms with van der Waals surface area (Å²) in [6.45, 7) is 11.6. The topological polar surface area (TPSA) is 48.9 Å². The van der Waals surface area contributed by atoms with E-state index in [0.29, 0.717) is 18.6 Å². The third kappa shape index (κ3) is 6.87. The first-order valence-electron chi connectivity index (χ1n) is 10.0. The van der Waals surface area contributed by atoms with Crippen LogP contribution < -0.4 is 15.4 Å². The Hall–Kier alpha value is -1.75. The fourth-order valence-electron chi connectivity index (χ4n) is 3.29. The Balaban J connectivity index is 1.64. The van der Waals surface area contributed by atoms with Gasteiger partial charge in [-0.05, 0) is 49.4 Å². The largest absolute Gasteiger partial charge is 0.492 e. The fourth-order valence-corrected chi connectivity index (χ4v) is 3.29. The maximum atomic E-state index is 5.81. The van der Waals surface area contributed by atoms with Crippen molar-refractivity contribution in [3.63, 3.8) is 0 Å². The van der Waals surface area contributed by atoms with Gasteiger partial charge in [0.05, 0.1) is 6.54 Å².